The van der Waals surface area contributed by atoms with E-state index in [0.29, 0.717) is 30.5 Å². The van der Waals surface area contributed by atoms with Crippen LogP contribution < -0.4 is 19.7 Å². The molecule has 5 nitrogen and oxygen atoms in total. The van der Waals surface area contributed by atoms with Crippen LogP contribution in [0.4, 0.5) is 5.69 Å². The normalized spacial score (nSPS) is 15.6. The van der Waals surface area contributed by atoms with Crippen molar-refractivity contribution in [2.45, 2.75) is 19.9 Å². The van der Waals surface area contributed by atoms with Gasteiger partial charge in [0.05, 0.1) is 31.2 Å². The van der Waals surface area contributed by atoms with E-state index in [2.05, 4.69) is 5.32 Å². The van der Waals surface area contributed by atoms with Gasteiger partial charge in [-0.3, -0.25) is 4.79 Å². The second kappa shape index (κ2) is 10.6. The molecule has 1 aliphatic heterocycles. The van der Waals surface area contributed by atoms with E-state index in [9.17, 15) is 4.79 Å². The minimum atomic E-state index is -0.0198. The summed E-state index contributed by atoms with van der Waals surface area (Å²) in [5, 5.41) is 3.75. The summed E-state index contributed by atoms with van der Waals surface area (Å²) in [7, 11) is 1.58. The lowest BCUT2D eigenvalue weighted by Crippen LogP contribution is -2.36. The van der Waals surface area contributed by atoms with Gasteiger partial charge in [0.15, 0.2) is 0 Å². The maximum absolute atomic E-state index is 13.2. The number of carbonyl (C=O) groups excluding carboxylic acids is 1. The number of methoxy groups -OCH3 is 1. The van der Waals surface area contributed by atoms with E-state index in [1.54, 1.807) is 24.1 Å². The highest BCUT2D eigenvalue weighted by atomic mass is 35.5. The van der Waals surface area contributed by atoms with E-state index < -0.39 is 0 Å². The van der Waals surface area contributed by atoms with Crippen LogP contribution in [0.1, 0.15) is 18.9 Å². The topological polar surface area (TPSA) is 50.8 Å². The first-order valence-electron chi connectivity index (χ1n) is 9.19. The molecule has 0 radical (unpaired) electrons. The molecule has 0 aliphatic carbocycles. The molecule has 2 aromatic carbocycles. The summed E-state index contributed by atoms with van der Waals surface area (Å²) >= 11 is 6.30. The van der Waals surface area contributed by atoms with Crippen molar-refractivity contribution in [2.75, 3.05) is 31.7 Å². The Morgan fingerprint density at radius 3 is 2.57 bits per heavy atom. The molecule has 28 heavy (non-hydrogen) atoms. The molecule has 1 saturated heterocycles. The van der Waals surface area contributed by atoms with Gasteiger partial charge in [0, 0.05) is 12.2 Å². The molecule has 152 valence electrons. The largest absolute Gasteiger partial charge is 0.495 e. The summed E-state index contributed by atoms with van der Waals surface area (Å²) in [5.41, 5.74) is 1.80. The second-order valence-corrected chi connectivity index (χ2v) is 6.92. The monoisotopic (exact) mass is 424 g/mol. The second-order valence-electron chi connectivity index (χ2n) is 6.51. The average Bonchev–Trinajstić information content (AvgIpc) is 3.22. The fourth-order valence-electron chi connectivity index (χ4n) is 3.25. The average molecular weight is 425 g/mol. The zero-order valence-corrected chi connectivity index (χ0v) is 17.7. The Kier molecular flexibility index (Phi) is 8.42. The molecular formula is C21H26Cl2N2O3. The molecule has 0 spiro atoms. The predicted molar refractivity (Wildman–Crippen MR) is 115 cm³/mol. The van der Waals surface area contributed by atoms with E-state index in [1.165, 1.54) is 0 Å². The Labute approximate surface area is 177 Å². The van der Waals surface area contributed by atoms with Gasteiger partial charge in [-0.05, 0) is 55.8 Å². The quantitative estimate of drug-likeness (QED) is 0.718. The Bertz CT molecular complexity index is 778. The van der Waals surface area contributed by atoms with Crippen LogP contribution in [0.15, 0.2) is 42.5 Å². The molecular weight excluding hydrogens is 399 g/mol. The third-order valence-electron chi connectivity index (χ3n) is 4.70. The van der Waals surface area contributed by atoms with Crippen LogP contribution >= 0.6 is 24.0 Å². The zero-order chi connectivity index (χ0) is 19.2. The van der Waals surface area contributed by atoms with Gasteiger partial charge in [0.25, 0.3) is 0 Å². The number of benzene rings is 2. The first-order valence-corrected chi connectivity index (χ1v) is 9.57. The van der Waals surface area contributed by atoms with E-state index in [-0.39, 0.29) is 24.2 Å². The number of nitrogens with zero attached hydrogens (tertiary/aromatic N) is 1. The van der Waals surface area contributed by atoms with Crippen LogP contribution in [0.25, 0.3) is 0 Å². The summed E-state index contributed by atoms with van der Waals surface area (Å²) in [6, 6.07) is 13.3. The molecule has 0 bridgehead atoms. The van der Waals surface area contributed by atoms with Crippen LogP contribution in [0, 0.1) is 5.92 Å². The minimum Gasteiger partial charge on any atom is -0.495 e. The molecule has 2 aromatic rings. The van der Waals surface area contributed by atoms with Crippen LogP contribution in [0.5, 0.6) is 11.5 Å². The van der Waals surface area contributed by atoms with Crippen molar-refractivity contribution >= 4 is 35.6 Å². The Balaban J connectivity index is 0.00000280. The van der Waals surface area contributed by atoms with Gasteiger partial charge in [-0.15, -0.1) is 12.4 Å². The number of nitrogens with one attached hydrogen (secondary N) is 1. The highest BCUT2D eigenvalue weighted by Gasteiger charge is 2.28. The fraction of sp³-hybridized carbons (Fsp3) is 0.381. The van der Waals surface area contributed by atoms with E-state index in [0.717, 1.165) is 30.0 Å². The lowest BCUT2D eigenvalue weighted by Gasteiger charge is -2.26. The van der Waals surface area contributed by atoms with Crippen LogP contribution in [0.2, 0.25) is 5.02 Å². The first-order chi connectivity index (χ1) is 13.1. The van der Waals surface area contributed by atoms with Gasteiger partial charge in [0.2, 0.25) is 5.91 Å². The van der Waals surface area contributed by atoms with E-state index in [4.69, 9.17) is 21.1 Å². The van der Waals surface area contributed by atoms with Crippen molar-refractivity contribution in [3.05, 3.63) is 53.1 Å². The minimum absolute atomic E-state index is 0. The maximum Gasteiger partial charge on any atom is 0.231 e. The lowest BCUT2D eigenvalue weighted by molar-refractivity contribution is -0.122. The number of rotatable bonds is 7. The molecule has 1 atom stereocenters. The summed E-state index contributed by atoms with van der Waals surface area (Å²) in [6.07, 6.45) is 0.850. The Morgan fingerprint density at radius 1 is 1.25 bits per heavy atom. The molecule has 3 rings (SSSR count). The van der Waals surface area contributed by atoms with Crippen molar-refractivity contribution < 1.29 is 14.3 Å². The molecule has 1 amide bonds. The number of hydrogen-bond acceptors (Lipinski definition) is 4. The Hall–Kier alpha value is -1.95. The lowest BCUT2D eigenvalue weighted by atomic mass is 10.1. The van der Waals surface area contributed by atoms with Gasteiger partial charge in [0.1, 0.15) is 11.5 Å². The molecule has 1 heterocycles. The highest BCUT2D eigenvalue weighted by molar-refractivity contribution is 6.32. The number of halogens is 2. The summed E-state index contributed by atoms with van der Waals surface area (Å²) in [6.45, 7) is 4.64. The van der Waals surface area contributed by atoms with Gasteiger partial charge < -0.3 is 19.7 Å². The summed E-state index contributed by atoms with van der Waals surface area (Å²) < 4.78 is 10.7. The van der Waals surface area contributed by atoms with Crippen molar-refractivity contribution in [1.82, 2.24) is 5.32 Å². The molecule has 7 heteroatoms. The van der Waals surface area contributed by atoms with Crippen molar-refractivity contribution in [1.29, 1.82) is 0 Å². The van der Waals surface area contributed by atoms with Crippen molar-refractivity contribution in [2.24, 2.45) is 5.92 Å². The molecule has 1 fully saturated rings. The Morgan fingerprint density at radius 2 is 2.00 bits per heavy atom. The summed E-state index contributed by atoms with van der Waals surface area (Å²) in [5.74, 6) is 1.51. The zero-order valence-electron chi connectivity index (χ0n) is 16.1. The smallest absolute Gasteiger partial charge is 0.231 e. The van der Waals surface area contributed by atoms with Gasteiger partial charge in [-0.1, -0.05) is 23.7 Å². The van der Waals surface area contributed by atoms with Crippen molar-refractivity contribution in [3.63, 3.8) is 0 Å². The number of carbonyl (C=O) groups is 1. The number of hydrogen-bond donors (Lipinski definition) is 1. The van der Waals surface area contributed by atoms with E-state index in [1.807, 2.05) is 37.3 Å². The molecule has 1 N–H and O–H groups in total. The molecule has 0 saturated carbocycles. The van der Waals surface area contributed by atoms with E-state index >= 15 is 0 Å². The van der Waals surface area contributed by atoms with Gasteiger partial charge >= 0.3 is 0 Å². The van der Waals surface area contributed by atoms with Gasteiger partial charge in [-0.25, -0.2) is 0 Å². The number of amides is 1. The van der Waals surface area contributed by atoms with Crippen LogP contribution in [-0.4, -0.2) is 32.7 Å². The van der Waals surface area contributed by atoms with Gasteiger partial charge in [-0.2, -0.15) is 0 Å². The predicted octanol–water partition coefficient (Wildman–Crippen LogP) is 4.31. The standard InChI is InChI=1S/C21H25ClN2O3.ClH/c1-3-27-18-7-4-15(5-8-18)14-24(21(25)16-10-11-23-13-16)17-6-9-20(26-2)19(22)12-17;/h4-9,12,16,23H,3,10-11,13-14H2,1-2H3;1H. The molecule has 1 unspecified atom stereocenters. The van der Waals surface area contributed by atoms with Crippen LogP contribution in [0.3, 0.4) is 0 Å². The third-order valence-corrected chi connectivity index (χ3v) is 4.99. The number of ether oxygens (including phenoxy) is 2. The van der Waals surface area contributed by atoms with Crippen molar-refractivity contribution in [3.8, 4) is 11.5 Å². The van der Waals surface area contributed by atoms with Crippen LogP contribution in [-0.2, 0) is 11.3 Å². The maximum atomic E-state index is 13.2. The molecule has 1 aliphatic rings. The SMILES string of the molecule is CCOc1ccc(CN(C(=O)C2CCNC2)c2ccc(OC)c(Cl)c2)cc1.Cl. The summed E-state index contributed by atoms with van der Waals surface area (Å²) in [4.78, 5) is 15.0. The highest BCUT2D eigenvalue weighted by Crippen LogP contribution is 2.31. The third kappa shape index (κ3) is 5.31. The fourth-order valence-corrected chi connectivity index (χ4v) is 3.50. The number of anilines is 1. The molecule has 0 aromatic heterocycles. The first kappa shape index (κ1) is 22.3.